The molecule has 2 aliphatic rings. The molecule has 0 aliphatic carbocycles. The third kappa shape index (κ3) is 3.88. The van der Waals surface area contributed by atoms with E-state index in [0.29, 0.717) is 31.8 Å². The van der Waals surface area contributed by atoms with E-state index in [1.165, 1.54) is 0 Å². The van der Waals surface area contributed by atoms with Crippen molar-refractivity contribution in [2.45, 2.75) is 18.5 Å². The van der Waals surface area contributed by atoms with Crippen molar-refractivity contribution in [1.29, 1.82) is 0 Å². The van der Waals surface area contributed by atoms with Crippen LogP contribution in [0.2, 0.25) is 0 Å². The number of halogens is 2. The van der Waals surface area contributed by atoms with Gasteiger partial charge in [-0.25, -0.2) is 8.78 Å². The van der Waals surface area contributed by atoms with E-state index in [9.17, 15) is 18.4 Å². The molecule has 2 amide bonds. The standard InChI is InChI=1S/C16H19F2N3O3/c17-10-1-2-13(14(18)5-10)16(23)19-6-15(22)21-7-12(8-21)20-11-3-4-24-9-11/h1-2,5,11-12,20H,3-4,6-9H2,(H,19,23). The number of likely N-dealkylation sites (tertiary alicyclic amines) is 1. The number of hydrogen-bond donors (Lipinski definition) is 2. The van der Waals surface area contributed by atoms with Crippen LogP contribution in [0, 0.1) is 11.6 Å². The molecule has 3 rings (SSSR count). The Morgan fingerprint density at radius 3 is 2.71 bits per heavy atom. The molecule has 0 spiro atoms. The lowest BCUT2D eigenvalue weighted by Crippen LogP contribution is -2.63. The van der Waals surface area contributed by atoms with Crippen LogP contribution in [0.15, 0.2) is 18.2 Å². The van der Waals surface area contributed by atoms with Gasteiger partial charge in [0.05, 0.1) is 18.7 Å². The second-order valence-corrected chi connectivity index (χ2v) is 6.03. The van der Waals surface area contributed by atoms with E-state index in [0.717, 1.165) is 25.2 Å². The lowest BCUT2D eigenvalue weighted by Gasteiger charge is -2.41. The zero-order chi connectivity index (χ0) is 17.1. The molecule has 0 bridgehead atoms. The molecule has 2 saturated heterocycles. The van der Waals surface area contributed by atoms with E-state index >= 15 is 0 Å². The minimum atomic E-state index is -0.952. The Hall–Kier alpha value is -2.06. The fraction of sp³-hybridized carbons (Fsp3) is 0.500. The summed E-state index contributed by atoms with van der Waals surface area (Å²) in [5.74, 6) is -2.68. The first kappa shape index (κ1) is 16.8. The predicted molar refractivity (Wildman–Crippen MR) is 81.4 cm³/mol. The average Bonchev–Trinajstić information content (AvgIpc) is 3.01. The second-order valence-electron chi connectivity index (χ2n) is 6.03. The highest BCUT2D eigenvalue weighted by atomic mass is 19.1. The average molecular weight is 339 g/mol. The molecule has 2 aliphatic heterocycles. The van der Waals surface area contributed by atoms with Crippen molar-refractivity contribution in [1.82, 2.24) is 15.5 Å². The summed E-state index contributed by atoms with van der Waals surface area (Å²) in [6.07, 6.45) is 0.976. The minimum Gasteiger partial charge on any atom is -0.380 e. The van der Waals surface area contributed by atoms with E-state index < -0.39 is 17.5 Å². The molecule has 1 aromatic carbocycles. The summed E-state index contributed by atoms with van der Waals surface area (Å²) in [7, 11) is 0. The molecule has 6 nitrogen and oxygen atoms in total. The Kier molecular flexibility index (Phi) is 5.06. The van der Waals surface area contributed by atoms with Crippen molar-refractivity contribution < 1.29 is 23.1 Å². The first-order valence-corrected chi connectivity index (χ1v) is 7.88. The molecular weight excluding hydrogens is 320 g/mol. The van der Waals surface area contributed by atoms with E-state index in [1.807, 2.05) is 0 Å². The van der Waals surface area contributed by atoms with Gasteiger partial charge in [0, 0.05) is 37.8 Å². The van der Waals surface area contributed by atoms with Gasteiger partial charge in [-0.2, -0.15) is 0 Å². The highest BCUT2D eigenvalue weighted by Crippen LogP contribution is 2.12. The smallest absolute Gasteiger partial charge is 0.254 e. The second kappa shape index (κ2) is 7.23. The third-order valence-electron chi connectivity index (χ3n) is 4.21. The summed E-state index contributed by atoms with van der Waals surface area (Å²) < 4.78 is 31.6. The largest absolute Gasteiger partial charge is 0.380 e. The van der Waals surface area contributed by atoms with Gasteiger partial charge in [0.1, 0.15) is 11.6 Å². The number of carbonyl (C=O) groups excluding carboxylic acids is 2. The summed E-state index contributed by atoms with van der Waals surface area (Å²) in [5, 5.41) is 5.78. The van der Waals surface area contributed by atoms with E-state index in [2.05, 4.69) is 10.6 Å². The van der Waals surface area contributed by atoms with Crippen LogP contribution in [0.5, 0.6) is 0 Å². The van der Waals surface area contributed by atoms with Gasteiger partial charge in [-0.1, -0.05) is 0 Å². The van der Waals surface area contributed by atoms with E-state index in [4.69, 9.17) is 4.74 Å². The Labute approximate surface area is 138 Å². The molecule has 8 heteroatoms. The van der Waals surface area contributed by atoms with Crippen LogP contribution in [-0.4, -0.2) is 61.6 Å². The van der Waals surface area contributed by atoms with Gasteiger partial charge < -0.3 is 20.3 Å². The molecule has 2 fully saturated rings. The van der Waals surface area contributed by atoms with Crippen molar-refractivity contribution in [2.75, 3.05) is 32.8 Å². The fourth-order valence-corrected chi connectivity index (χ4v) is 2.82. The van der Waals surface area contributed by atoms with Crippen LogP contribution in [0.1, 0.15) is 16.8 Å². The number of rotatable bonds is 5. The number of nitrogens with zero attached hydrogens (tertiary/aromatic N) is 1. The number of carbonyl (C=O) groups is 2. The predicted octanol–water partition coefficient (Wildman–Crippen LogP) is 0.284. The lowest BCUT2D eigenvalue weighted by molar-refractivity contribution is -0.135. The van der Waals surface area contributed by atoms with Gasteiger partial charge in [0.25, 0.3) is 5.91 Å². The Balaban J connectivity index is 1.40. The zero-order valence-corrected chi connectivity index (χ0v) is 13.1. The normalized spacial score (nSPS) is 20.8. The lowest BCUT2D eigenvalue weighted by atomic mass is 10.1. The van der Waals surface area contributed by atoms with Crippen molar-refractivity contribution >= 4 is 11.8 Å². The molecule has 0 aromatic heterocycles. The van der Waals surface area contributed by atoms with Crippen molar-refractivity contribution in [3.63, 3.8) is 0 Å². The molecule has 1 aromatic rings. The maximum absolute atomic E-state index is 13.5. The number of amides is 2. The zero-order valence-electron chi connectivity index (χ0n) is 13.1. The summed E-state index contributed by atoms with van der Waals surface area (Å²) in [5.41, 5.74) is -0.284. The molecule has 24 heavy (non-hydrogen) atoms. The fourth-order valence-electron chi connectivity index (χ4n) is 2.82. The summed E-state index contributed by atoms with van der Waals surface area (Å²) in [6, 6.07) is 3.27. The molecule has 1 unspecified atom stereocenters. The van der Waals surface area contributed by atoms with Crippen LogP contribution < -0.4 is 10.6 Å². The van der Waals surface area contributed by atoms with Gasteiger partial charge >= 0.3 is 0 Å². The van der Waals surface area contributed by atoms with Gasteiger partial charge in [0.2, 0.25) is 5.91 Å². The molecule has 0 saturated carbocycles. The molecule has 1 atom stereocenters. The number of ether oxygens (including phenoxy) is 1. The van der Waals surface area contributed by atoms with Gasteiger partial charge in [-0.15, -0.1) is 0 Å². The van der Waals surface area contributed by atoms with Gasteiger partial charge in [-0.3, -0.25) is 9.59 Å². The van der Waals surface area contributed by atoms with Crippen LogP contribution in [0.25, 0.3) is 0 Å². The molecule has 0 radical (unpaired) electrons. The number of hydrogen-bond acceptors (Lipinski definition) is 4. The molecule has 130 valence electrons. The molecule has 2 N–H and O–H groups in total. The molecule has 2 heterocycles. The quantitative estimate of drug-likeness (QED) is 0.809. The minimum absolute atomic E-state index is 0.213. The summed E-state index contributed by atoms with van der Waals surface area (Å²) in [4.78, 5) is 25.4. The van der Waals surface area contributed by atoms with Crippen LogP contribution in [0.3, 0.4) is 0 Å². The maximum atomic E-state index is 13.5. The van der Waals surface area contributed by atoms with E-state index in [-0.39, 0.29) is 24.1 Å². The monoisotopic (exact) mass is 339 g/mol. The highest BCUT2D eigenvalue weighted by molar-refractivity contribution is 5.96. The summed E-state index contributed by atoms with van der Waals surface area (Å²) in [6.45, 7) is 2.41. The Bertz CT molecular complexity index is 629. The highest BCUT2D eigenvalue weighted by Gasteiger charge is 2.32. The topological polar surface area (TPSA) is 70.7 Å². The van der Waals surface area contributed by atoms with Gasteiger partial charge in [-0.05, 0) is 18.6 Å². The van der Waals surface area contributed by atoms with Crippen LogP contribution >= 0.6 is 0 Å². The van der Waals surface area contributed by atoms with Crippen molar-refractivity contribution in [2.24, 2.45) is 0 Å². The number of nitrogens with one attached hydrogen (secondary N) is 2. The maximum Gasteiger partial charge on any atom is 0.254 e. The SMILES string of the molecule is O=C(NCC(=O)N1CC(NC2CCOC2)C1)c1ccc(F)cc1F. The van der Waals surface area contributed by atoms with Crippen molar-refractivity contribution in [3.8, 4) is 0 Å². The first-order chi connectivity index (χ1) is 11.5. The first-order valence-electron chi connectivity index (χ1n) is 7.88. The van der Waals surface area contributed by atoms with Gasteiger partial charge in [0.15, 0.2) is 0 Å². The van der Waals surface area contributed by atoms with Crippen LogP contribution in [-0.2, 0) is 9.53 Å². The third-order valence-corrected chi connectivity index (χ3v) is 4.21. The Morgan fingerprint density at radius 2 is 2.04 bits per heavy atom. The Morgan fingerprint density at radius 1 is 1.25 bits per heavy atom. The number of benzene rings is 1. The molecular formula is C16H19F2N3O3. The van der Waals surface area contributed by atoms with Crippen LogP contribution in [0.4, 0.5) is 8.78 Å². The van der Waals surface area contributed by atoms with E-state index in [1.54, 1.807) is 4.90 Å². The van der Waals surface area contributed by atoms with Crippen molar-refractivity contribution in [3.05, 3.63) is 35.4 Å². The summed E-state index contributed by atoms with van der Waals surface area (Å²) >= 11 is 0.